The number of nitrogens with two attached hydrogens (primary N) is 1. The first-order chi connectivity index (χ1) is 18.4. The van der Waals surface area contributed by atoms with Gasteiger partial charge in [-0.3, -0.25) is 4.79 Å². The van der Waals surface area contributed by atoms with Gasteiger partial charge in [-0.25, -0.2) is 19.7 Å². The molecule has 1 fully saturated rings. The summed E-state index contributed by atoms with van der Waals surface area (Å²) < 4.78 is 34.0. The fourth-order valence-corrected chi connectivity index (χ4v) is 5.77. The maximum atomic E-state index is 13.4. The topological polar surface area (TPSA) is 140 Å². The first kappa shape index (κ1) is 28.3. The molecule has 39 heavy (non-hydrogen) atoms. The summed E-state index contributed by atoms with van der Waals surface area (Å²) in [6.45, 7) is 11.1. The highest BCUT2D eigenvalue weighted by atomic mass is 32.2. The summed E-state index contributed by atoms with van der Waals surface area (Å²) >= 11 is 0. The van der Waals surface area contributed by atoms with Crippen molar-refractivity contribution in [1.29, 1.82) is 0 Å². The highest BCUT2D eigenvalue weighted by Crippen LogP contribution is 2.36. The van der Waals surface area contributed by atoms with Crippen molar-refractivity contribution < 1.29 is 19.4 Å². The SMILES string of the molecule is CC(C)CC(C)Oc1cccc(-c2ccc(C(=O)NS(=O)(=O)c3cccc(N)n3)c(N3CCCC3(C)C)n2)n1.[HH]. The standard InChI is InChI=1S/C28H36N6O4S.H2/c1-18(2)17-19(3)38-24-11-6-9-21(30-24)22-14-13-20(26(31-22)34-16-8-15-28(34,4)5)27(35)33-39(36,37)25-12-7-10-23(29)32-25;/h6-7,9-14,18-19H,8,15-17H2,1-5H3,(H2,29,32)(H,33,35);1H. The fraction of sp³-hybridized carbons (Fsp3) is 0.429. The van der Waals surface area contributed by atoms with Crippen LogP contribution >= 0.6 is 0 Å². The molecule has 0 saturated carbocycles. The van der Waals surface area contributed by atoms with Gasteiger partial charge in [-0.2, -0.15) is 8.42 Å². The number of rotatable bonds is 9. The summed E-state index contributed by atoms with van der Waals surface area (Å²) in [5, 5.41) is -0.337. The average molecular weight is 555 g/mol. The van der Waals surface area contributed by atoms with Crippen molar-refractivity contribution in [2.75, 3.05) is 17.2 Å². The van der Waals surface area contributed by atoms with Crippen molar-refractivity contribution in [1.82, 2.24) is 19.7 Å². The van der Waals surface area contributed by atoms with Crippen LogP contribution < -0.4 is 20.1 Å². The number of carbonyl (C=O) groups excluding carboxylic acids is 1. The molecule has 11 heteroatoms. The molecule has 1 unspecified atom stereocenters. The van der Waals surface area contributed by atoms with Gasteiger partial charge in [-0.15, -0.1) is 0 Å². The van der Waals surface area contributed by atoms with Crippen LogP contribution in [0.5, 0.6) is 5.88 Å². The minimum absolute atomic E-state index is 0. The van der Waals surface area contributed by atoms with Crippen LogP contribution in [0.1, 0.15) is 65.7 Å². The fourth-order valence-electron chi connectivity index (χ4n) is 4.82. The number of amides is 1. The Kier molecular flexibility index (Phi) is 8.10. The molecule has 3 aromatic heterocycles. The molecule has 0 aliphatic carbocycles. The number of nitrogens with zero attached hydrogens (tertiary/aromatic N) is 4. The second-order valence-corrected chi connectivity index (χ2v) is 12.5. The van der Waals surface area contributed by atoms with E-state index in [1.54, 1.807) is 12.1 Å². The summed E-state index contributed by atoms with van der Waals surface area (Å²) in [5.41, 5.74) is 6.64. The summed E-state index contributed by atoms with van der Waals surface area (Å²) in [6, 6.07) is 12.9. The lowest BCUT2D eigenvalue weighted by Gasteiger charge is -2.34. The average Bonchev–Trinajstić information content (AvgIpc) is 3.21. The Bertz CT molecular complexity index is 1460. The third kappa shape index (κ3) is 6.65. The van der Waals surface area contributed by atoms with Gasteiger partial charge in [0.1, 0.15) is 11.6 Å². The molecule has 1 aliphatic rings. The Morgan fingerprint density at radius 1 is 1.08 bits per heavy atom. The van der Waals surface area contributed by atoms with E-state index in [-0.39, 0.29) is 29.5 Å². The van der Waals surface area contributed by atoms with Crippen molar-refractivity contribution in [3.8, 4) is 17.3 Å². The van der Waals surface area contributed by atoms with Crippen LogP contribution in [0.25, 0.3) is 11.4 Å². The van der Waals surface area contributed by atoms with Crippen LogP contribution in [0.3, 0.4) is 0 Å². The Balaban J connectivity index is 0.00000441. The third-order valence-corrected chi connectivity index (χ3v) is 7.87. The number of carbonyl (C=O) groups is 1. The second kappa shape index (κ2) is 11.2. The maximum absolute atomic E-state index is 13.4. The van der Waals surface area contributed by atoms with Crippen LogP contribution in [-0.2, 0) is 10.0 Å². The van der Waals surface area contributed by atoms with Crippen molar-refractivity contribution >= 4 is 27.6 Å². The van der Waals surface area contributed by atoms with Crippen molar-refractivity contribution in [2.45, 2.75) is 70.6 Å². The molecule has 1 saturated heterocycles. The van der Waals surface area contributed by atoms with Gasteiger partial charge in [0, 0.05) is 19.6 Å². The second-order valence-electron chi connectivity index (χ2n) is 10.9. The first-order valence-electron chi connectivity index (χ1n) is 13.1. The Morgan fingerprint density at radius 3 is 2.46 bits per heavy atom. The van der Waals surface area contributed by atoms with Crippen LogP contribution in [0.4, 0.5) is 11.6 Å². The Labute approximate surface area is 231 Å². The third-order valence-electron chi connectivity index (χ3n) is 6.64. The number of nitrogen functional groups attached to an aromatic ring is 1. The monoisotopic (exact) mass is 554 g/mol. The number of hydrogen-bond donors (Lipinski definition) is 2. The van der Waals surface area contributed by atoms with E-state index in [4.69, 9.17) is 15.5 Å². The van der Waals surface area contributed by atoms with Crippen molar-refractivity contribution in [3.63, 3.8) is 0 Å². The maximum Gasteiger partial charge on any atom is 0.281 e. The minimum atomic E-state index is -4.25. The lowest BCUT2D eigenvalue weighted by atomic mass is 10.0. The molecule has 1 amide bonds. The zero-order valence-corrected chi connectivity index (χ0v) is 23.8. The highest BCUT2D eigenvalue weighted by Gasteiger charge is 2.36. The van der Waals surface area contributed by atoms with Crippen molar-refractivity contribution in [3.05, 3.63) is 54.1 Å². The van der Waals surface area contributed by atoms with Crippen LogP contribution in [-0.4, -0.2) is 47.5 Å². The predicted octanol–water partition coefficient (Wildman–Crippen LogP) is 4.68. The number of nitrogens with one attached hydrogen (secondary N) is 1. The number of sulfonamides is 1. The van der Waals surface area contributed by atoms with Crippen LogP contribution in [0.15, 0.2) is 53.6 Å². The quantitative estimate of drug-likeness (QED) is 0.386. The van der Waals surface area contributed by atoms with Crippen LogP contribution in [0, 0.1) is 5.92 Å². The molecule has 0 radical (unpaired) electrons. The number of ether oxygens (including phenoxy) is 1. The minimum Gasteiger partial charge on any atom is -0.475 e. The van der Waals surface area contributed by atoms with Crippen LogP contribution in [0.2, 0.25) is 0 Å². The number of aromatic nitrogens is 3. The number of pyridine rings is 3. The normalized spacial score (nSPS) is 15.8. The molecule has 1 aliphatic heterocycles. The van der Waals surface area contributed by atoms with Gasteiger partial charge in [0.25, 0.3) is 15.9 Å². The Morgan fingerprint density at radius 2 is 1.79 bits per heavy atom. The summed E-state index contributed by atoms with van der Waals surface area (Å²) in [6.07, 6.45) is 2.72. The summed E-state index contributed by atoms with van der Waals surface area (Å²) in [5.74, 6) is 0.614. The van der Waals surface area contributed by atoms with E-state index in [2.05, 4.69) is 42.4 Å². The zero-order chi connectivity index (χ0) is 28.4. The van der Waals surface area contributed by atoms with Gasteiger partial charge in [0.2, 0.25) is 5.88 Å². The molecule has 1 atom stereocenters. The lowest BCUT2D eigenvalue weighted by molar-refractivity contribution is 0.0981. The van der Waals surface area contributed by atoms with Gasteiger partial charge in [0.05, 0.1) is 23.1 Å². The van der Waals surface area contributed by atoms with Gasteiger partial charge < -0.3 is 15.4 Å². The molecule has 4 heterocycles. The van der Waals surface area contributed by atoms with Gasteiger partial charge >= 0.3 is 0 Å². The molecule has 3 aromatic rings. The Hall–Kier alpha value is -3.73. The molecule has 0 aromatic carbocycles. The smallest absolute Gasteiger partial charge is 0.281 e. The number of hydrogen-bond acceptors (Lipinski definition) is 9. The molecule has 4 rings (SSSR count). The van der Waals surface area contributed by atoms with Crippen molar-refractivity contribution in [2.24, 2.45) is 5.92 Å². The van der Waals surface area contributed by atoms with E-state index in [1.165, 1.54) is 18.2 Å². The van der Waals surface area contributed by atoms with E-state index in [9.17, 15) is 13.2 Å². The summed E-state index contributed by atoms with van der Waals surface area (Å²) in [4.78, 5) is 28.8. The largest absolute Gasteiger partial charge is 0.475 e. The van der Waals surface area contributed by atoms with Gasteiger partial charge in [0.15, 0.2) is 5.03 Å². The molecule has 0 bridgehead atoms. The van der Waals surface area contributed by atoms with E-state index < -0.39 is 15.9 Å². The highest BCUT2D eigenvalue weighted by molar-refractivity contribution is 7.90. The predicted molar refractivity (Wildman–Crippen MR) is 153 cm³/mol. The van der Waals surface area contributed by atoms with E-state index in [0.29, 0.717) is 35.5 Å². The van der Waals surface area contributed by atoms with E-state index in [1.807, 2.05) is 30.0 Å². The molecule has 3 N–H and O–H groups in total. The molecule has 0 spiro atoms. The number of anilines is 2. The van der Waals surface area contributed by atoms with E-state index in [0.717, 1.165) is 19.3 Å². The van der Waals surface area contributed by atoms with E-state index >= 15 is 0 Å². The van der Waals surface area contributed by atoms with Gasteiger partial charge in [-0.1, -0.05) is 26.0 Å². The molecule has 10 nitrogen and oxygen atoms in total. The first-order valence-corrected chi connectivity index (χ1v) is 14.6. The van der Waals surface area contributed by atoms with Gasteiger partial charge in [-0.05, 0) is 76.3 Å². The molecular weight excluding hydrogens is 516 g/mol. The lowest BCUT2D eigenvalue weighted by Crippen LogP contribution is -2.41. The molecule has 210 valence electrons. The summed E-state index contributed by atoms with van der Waals surface area (Å²) in [7, 11) is -4.25. The zero-order valence-electron chi connectivity index (χ0n) is 23.0. The molecular formula is C28H38N6O4S.